The molecule has 0 aromatic carbocycles. The summed E-state index contributed by atoms with van der Waals surface area (Å²) in [7, 11) is 0. The number of amides is 2. The molecule has 0 aromatic rings. The normalized spacial score (nSPS) is 31.7. The lowest BCUT2D eigenvalue weighted by Crippen LogP contribution is -2.70. The minimum Gasteiger partial charge on any atom is -0.477 e. The lowest BCUT2D eigenvalue weighted by molar-refractivity contribution is -0.386. The number of hydrogen-bond donors (Lipinski definition) is 14. The third kappa shape index (κ3) is 21.8. The molecule has 0 spiro atoms. The van der Waals surface area contributed by atoms with E-state index in [1.165, 1.54) is 51.4 Å². The van der Waals surface area contributed by atoms with Crippen molar-refractivity contribution in [3.05, 3.63) is 12.2 Å². The summed E-state index contributed by atoms with van der Waals surface area (Å²) in [5, 5.41) is 135. The monoisotopic (exact) mass is 1100 g/mol. The van der Waals surface area contributed by atoms with E-state index in [1.54, 1.807) is 0 Å². The van der Waals surface area contributed by atoms with E-state index < -0.39 is 148 Å². The Morgan fingerprint density at radius 1 is 0.671 bits per heavy atom. The Hall–Kier alpha value is -2.53. The number of rotatable bonds is 39. The molecule has 0 aromatic heterocycles. The number of aliphatic hydroxyl groups excluding tert-OH is 11. The number of ether oxygens (including phenoxy) is 6. The van der Waals surface area contributed by atoms with Crippen LogP contribution in [0.5, 0.6) is 0 Å². The molecule has 14 N–H and O–H groups in total. The van der Waals surface area contributed by atoms with E-state index in [-0.39, 0.29) is 18.9 Å². The van der Waals surface area contributed by atoms with Crippen molar-refractivity contribution in [1.82, 2.24) is 10.6 Å². The lowest BCUT2D eigenvalue weighted by atomic mass is 9.88. The highest BCUT2D eigenvalue weighted by Crippen LogP contribution is 2.38. The van der Waals surface area contributed by atoms with Crippen LogP contribution in [0.2, 0.25) is 0 Å². The van der Waals surface area contributed by atoms with Crippen LogP contribution in [0.1, 0.15) is 168 Å². The summed E-state index contributed by atoms with van der Waals surface area (Å²) in [5.74, 6) is -6.12. The van der Waals surface area contributed by atoms with Crippen molar-refractivity contribution < 1.29 is 104 Å². The molecule has 3 fully saturated rings. The van der Waals surface area contributed by atoms with Crippen LogP contribution in [-0.4, -0.2) is 215 Å². The molecule has 0 aliphatic carbocycles. The Kier molecular flexibility index (Phi) is 32.7. The first-order valence-corrected chi connectivity index (χ1v) is 28.0. The summed E-state index contributed by atoms with van der Waals surface area (Å²) in [4.78, 5) is 38.2. The number of unbranched alkanes of at least 4 members (excludes halogenated alkanes) is 17. The van der Waals surface area contributed by atoms with Crippen LogP contribution >= 0.6 is 0 Å². The molecule has 444 valence electrons. The van der Waals surface area contributed by atoms with Gasteiger partial charge < -0.3 is 100 Å². The van der Waals surface area contributed by atoms with Crippen molar-refractivity contribution in [3.63, 3.8) is 0 Å². The van der Waals surface area contributed by atoms with Crippen LogP contribution in [0.25, 0.3) is 0 Å². The maximum absolute atomic E-state index is 13.3. The first-order valence-electron chi connectivity index (χ1n) is 28.0. The first-order chi connectivity index (χ1) is 36.4. The summed E-state index contributed by atoms with van der Waals surface area (Å²) in [6, 6.07) is -2.53. The van der Waals surface area contributed by atoms with Gasteiger partial charge in [0.25, 0.3) is 5.79 Å². The standard InChI is InChI=1S/C53H96N2O21/c1-4-6-8-10-12-14-16-17-19-21-23-25-27-40(63)55-34(35(60)26-24-22-20-18-15-13-11-9-7-5-2)32-71-50-45(67)44(66)47(39(31-58)73-50)74-51-46(68)49(43(65)38(30-57)72-51)76-53(52(69)70)28-36(61)41(54-33(3)59)48(75-53)42(64)37(62)29-56/h12,14,34-39,41-51,56-58,60-62,64-68H,4-11,13,15-32H2,1-3H3,(H,54,59)(H,55,63)(H,69,70)/b14-12-. The molecule has 0 bridgehead atoms. The van der Waals surface area contributed by atoms with Crippen molar-refractivity contribution in [2.24, 2.45) is 0 Å². The number of aliphatic carboxylic acids is 1. The van der Waals surface area contributed by atoms with Crippen molar-refractivity contribution in [2.45, 2.75) is 278 Å². The molecular formula is C53H96N2O21. The van der Waals surface area contributed by atoms with Crippen molar-refractivity contribution >= 4 is 17.8 Å². The second-order valence-corrected chi connectivity index (χ2v) is 20.8. The summed E-state index contributed by atoms with van der Waals surface area (Å²) < 4.78 is 34.6. The third-order valence-electron chi connectivity index (χ3n) is 14.5. The fourth-order valence-corrected chi connectivity index (χ4v) is 9.88. The summed E-state index contributed by atoms with van der Waals surface area (Å²) in [6.07, 6.45) is -2.95. The van der Waals surface area contributed by atoms with Crippen LogP contribution < -0.4 is 10.6 Å². The predicted octanol–water partition coefficient (Wildman–Crippen LogP) is 0.825. The van der Waals surface area contributed by atoms with Gasteiger partial charge in [0.05, 0.1) is 50.7 Å². The molecule has 0 saturated carbocycles. The molecule has 18 unspecified atom stereocenters. The largest absolute Gasteiger partial charge is 0.477 e. The first kappa shape index (κ1) is 67.7. The number of carbonyl (C=O) groups excluding carboxylic acids is 2. The van der Waals surface area contributed by atoms with Crippen molar-refractivity contribution in [2.75, 3.05) is 26.4 Å². The van der Waals surface area contributed by atoms with E-state index in [9.17, 15) is 75.7 Å². The van der Waals surface area contributed by atoms with Crippen molar-refractivity contribution in [3.8, 4) is 0 Å². The van der Waals surface area contributed by atoms with E-state index in [0.29, 0.717) is 19.3 Å². The van der Waals surface area contributed by atoms with Crippen LogP contribution in [0.4, 0.5) is 0 Å². The Labute approximate surface area is 448 Å². The molecule has 3 aliphatic heterocycles. The zero-order valence-electron chi connectivity index (χ0n) is 45.1. The molecule has 3 rings (SSSR count). The second-order valence-electron chi connectivity index (χ2n) is 20.8. The topological polar surface area (TPSA) is 373 Å². The Balaban J connectivity index is 1.70. The number of carbonyl (C=O) groups is 3. The molecule has 23 nitrogen and oxygen atoms in total. The Bertz CT molecular complexity index is 1630. The highest BCUT2D eigenvalue weighted by atomic mass is 16.8. The average molecular weight is 1100 g/mol. The SMILES string of the molecule is CCCCC/C=C\CCCCCCCC(=O)NC(COC1OC(CO)C(OC2OC(CO)C(O)C(OC3(C(=O)O)CC(O)C(NC(C)=O)C(C(O)C(O)CO)O3)C2O)C(O)C1O)C(O)CCCCCCCCCCCC. The number of carboxylic acid groups (broad SMARTS) is 1. The lowest BCUT2D eigenvalue weighted by Gasteiger charge is -2.50. The van der Waals surface area contributed by atoms with E-state index in [1.807, 2.05) is 0 Å². The molecule has 3 aliphatic rings. The number of hydrogen-bond acceptors (Lipinski definition) is 20. The smallest absolute Gasteiger partial charge is 0.364 e. The maximum atomic E-state index is 13.3. The fraction of sp³-hybridized carbons (Fsp3) is 0.906. The molecule has 18 atom stereocenters. The molecule has 76 heavy (non-hydrogen) atoms. The van der Waals surface area contributed by atoms with Gasteiger partial charge >= 0.3 is 5.97 Å². The predicted molar refractivity (Wildman–Crippen MR) is 274 cm³/mol. The van der Waals surface area contributed by atoms with Crippen LogP contribution in [0.15, 0.2) is 12.2 Å². The number of nitrogens with one attached hydrogen (secondary N) is 2. The Morgan fingerprint density at radius 3 is 1.80 bits per heavy atom. The molecule has 2 amide bonds. The van der Waals surface area contributed by atoms with Gasteiger partial charge in [0.1, 0.15) is 67.1 Å². The number of aliphatic hydroxyl groups is 11. The zero-order chi connectivity index (χ0) is 56.2. The van der Waals surface area contributed by atoms with E-state index in [2.05, 4.69) is 36.6 Å². The molecule has 0 radical (unpaired) electrons. The highest BCUT2D eigenvalue weighted by molar-refractivity contribution is 5.77. The quantitative estimate of drug-likeness (QED) is 0.0299. The van der Waals surface area contributed by atoms with Gasteiger partial charge in [-0.15, -0.1) is 0 Å². The minimum absolute atomic E-state index is 0.213. The number of allylic oxidation sites excluding steroid dienone is 2. The summed E-state index contributed by atoms with van der Waals surface area (Å²) in [5.41, 5.74) is 0. The van der Waals surface area contributed by atoms with Gasteiger partial charge in [-0.05, 0) is 38.5 Å². The van der Waals surface area contributed by atoms with Gasteiger partial charge in [0, 0.05) is 19.8 Å². The molecule has 23 heteroatoms. The summed E-state index contributed by atoms with van der Waals surface area (Å²) >= 11 is 0. The van der Waals surface area contributed by atoms with Gasteiger partial charge in [-0.2, -0.15) is 0 Å². The molecule has 3 saturated heterocycles. The van der Waals surface area contributed by atoms with Crippen molar-refractivity contribution in [1.29, 1.82) is 0 Å². The van der Waals surface area contributed by atoms with E-state index in [4.69, 9.17) is 28.4 Å². The zero-order valence-corrected chi connectivity index (χ0v) is 45.1. The second kappa shape index (κ2) is 36.7. The van der Waals surface area contributed by atoms with Gasteiger partial charge in [-0.1, -0.05) is 122 Å². The van der Waals surface area contributed by atoms with Crippen LogP contribution in [0.3, 0.4) is 0 Å². The van der Waals surface area contributed by atoms with Gasteiger partial charge in [-0.3, -0.25) is 9.59 Å². The highest BCUT2D eigenvalue weighted by Gasteiger charge is 2.60. The van der Waals surface area contributed by atoms with Gasteiger partial charge in [-0.25, -0.2) is 4.79 Å². The Morgan fingerprint density at radius 2 is 1.22 bits per heavy atom. The van der Waals surface area contributed by atoms with Gasteiger partial charge in [0.15, 0.2) is 12.6 Å². The third-order valence-corrected chi connectivity index (χ3v) is 14.5. The number of carboxylic acids is 1. The fourth-order valence-electron chi connectivity index (χ4n) is 9.88. The minimum atomic E-state index is -3.08. The van der Waals surface area contributed by atoms with E-state index >= 15 is 0 Å². The molecular weight excluding hydrogens is 1000 g/mol. The summed E-state index contributed by atoms with van der Waals surface area (Å²) in [6.45, 7) is 2.08. The van der Waals surface area contributed by atoms with Gasteiger partial charge in [0.2, 0.25) is 11.8 Å². The molecule has 3 heterocycles. The maximum Gasteiger partial charge on any atom is 0.364 e. The van der Waals surface area contributed by atoms with Crippen LogP contribution in [0, 0.1) is 0 Å². The van der Waals surface area contributed by atoms with E-state index in [0.717, 1.165) is 71.1 Å². The average Bonchev–Trinajstić information content (AvgIpc) is 3.39. The van der Waals surface area contributed by atoms with Crippen LogP contribution in [-0.2, 0) is 42.8 Å².